The molecule has 0 saturated heterocycles. The maximum Gasteiger partial charge on any atom is 0.191 e. The summed E-state index contributed by atoms with van der Waals surface area (Å²) in [5.74, 6) is 2.57. The van der Waals surface area contributed by atoms with Crippen molar-refractivity contribution in [2.75, 3.05) is 39.6 Å². The number of rotatable bonds is 12. The Balaban J connectivity index is 0.00000420. The first-order chi connectivity index (χ1) is 13.7. The average molecular weight is 539 g/mol. The van der Waals surface area contributed by atoms with Gasteiger partial charge in [0.05, 0.1) is 0 Å². The highest BCUT2D eigenvalue weighted by atomic mass is 127. The van der Waals surface area contributed by atoms with Crippen LogP contribution in [0, 0.1) is 5.92 Å². The lowest BCUT2D eigenvalue weighted by Gasteiger charge is -2.16. The molecule has 0 radical (unpaired) electrons. The molecule has 0 spiro atoms. The normalized spacial score (nSPS) is 15.0. The number of aromatic nitrogens is 3. The molecule has 0 bridgehead atoms. The smallest absolute Gasteiger partial charge is 0.191 e. The van der Waals surface area contributed by atoms with Crippen LogP contribution in [-0.4, -0.2) is 60.3 Å². The van der Waals surface area contributed by atoms with Crippen molar-refractivity contribution >= 4 is 41.7 Å². The molecule has 1 saturated carbocycles. The number of nitrogens with one attached hydrogen (secondary N) is 2. The monoisotopic (exact) mass is 538 g/mol. The van der Waals surface area contributed by atoms with E-state index in [-0.39, 0.29) is 24.0 Å². The van der Waals surface area contributed by atoms with E-state index in [1.807, 2.05) is 7.05 Å². The fourth-order valence-corrected chi connectivity index (χ4v) is 4.09. The van der Waals surface area contributed by atoms with Crippen molar-refractivity contribution in [3.63, 3.8) is 0 Å². The van der Waals surface area contributed by atoms with Gasteiger partial charge in [-0.3, -0.25) is 4.99 Å². The quantitative estimate of drug-likeness (QED) is 0.138. The van der Waals surface area contributed by atoms with Crippen LogP contribution in [0.25, 0.3) is 0 Å². The standard InChI is InChI=1S/C20H38N6OS.HI/c1-16(2)15-27-14-8-13-23-19(21-3)22-12-7-11-18-24-25-20(28-4)26(18)17-9-5-6-10-17;/h16-17H,5-15H2,1-4H3,(H2,21,22,23);1H. The van der Waals surface area contributed by atoms with Crippen LogP contribution in [-0.2, 0) is 11.2 Å². The fourth-order valence-electron chi connectivity index (χ4n) is 3.52. The van der Waals surface area contributed by atoms with E-state index < -0.39 is 0 Å². The number of halogens is 1. The summed E-state index contributed by atoms with van der Waals surface area (Å²) in [6, 6.07) is 0.591. The van der Waals surface area contributed by atoms with Crippen molar-refractivity contribution in [3.05, 3.63) is 5.82 Å². The van der Waals surface area contributed by atoms with Gasteiger partial charge in [-0.25, -0.2) is 0 Å². The lowest BCUT2D eigenvalue weighted by Crippen LogP contribution is -2.38. The zero-order valence-corrected chi connectivity index (χ0v) is 21.6. The second-order valence-electron chi connectivity index (χ2n) is 7.76. The van der Waals surface area contributed by atoms with Crippen LogP contribution in [0.4, 0.5) is 0 Å². The lowest BCUT2D eigenvalue weighted by atomic mass is 10.2. The van der Waals surface area contributed by atoms with Crippen molar-refractivity contribution in [3.8, 4) is 0 Å². The molecular formula is C20H39IN6OS. The van der Waals surface area contributed by atoms with Crippen LogP contribution in [0.1, 0.15) is 64.2 Å². The minimum absolute atomic E-state index is 0. The Hall–Kier alpha value is -0.550. The van der Waals surface area contributed by atoms with Crippen molar-refractivity contribution in [1.29, 1.82) is 0 Å². The van der Waals surface area contributed by atoms with Gasteiger partial charge in [0.15, 0.2) is 11.1 Å². The van der Waals surface area contributed by atoms with Gasteiger partial charge >= 0.3 is 0 Å². The SMILES string of the molecule is CN=C(NCCCOCC(C)C)NCCCc1nnc(SC)n1C1CCCC1.I. The third kappa shape index (κ3) is 9.42. The largest absolute Gasteiger partial charge is 0.381 e. The van der Waals surface area contributed by atoms with Crippen LogP contribution in [0.15, 0.2) is 10.1 Å². The van der Waals surface area contributed by atoms with Crippen LogP contribution in [0.3, 0.4) is 0 Å². The highest BCUT2D eigenvalue weighted by Crippen LogP contribution is 2.33. The first-order valence-electron chi connectivity index (χ1n) is 10.7. The summed E-state index contributed by atoms with van der Waals surface area (Å²) < 4.78 is 8.00. The second-order valence-corrected chi connectivity index (χ2v) is 8.54. The molecule has 2 rings (SSSR count). The number of aliphatic imine (C=N–C) groups is 1. The van der Waals surface area contributed by atoms with E-state index >= 15 is 0 Å². The molecule has 1 fully saturated rings. The molecule has 1 aliphatic rings. The van der Waals surface area contributed by atoms with Gasteiger partial charge in [0, 0.05) is 45.8 Å². The molecule has 0 unspecified atom stereocenters. The van der Waals surface area contributed by atoms with Gasteiger partial charge in [0.1, 0.15) is 5.82 Å². The van der Waals surface area contributed by atoms with Gasteiger partial charge < -0.3 is 19.9 Å². The molecule has 168 valence electrons. The topological polar surface area (TPSA) is 76.4 Å². The molecule has 29 heavy (non-hydrogen) atoms. The molecule has 9 heteroatoms. The first kappa shape index (κ1) is 26.5. The zero-order valence-electron chi connectivity index (χ0n) is 18.4. The molecule has 7 nitrogen and oxygen atoms in total. The van der Waals surface area contributed by atoms with Gasteiger partial charge in [-0.2, -0.15) is 0 Å². The number of thioether (sulfide) groups is 1. The Morgan fingerprint density at radius 1 is 1.21 bits per heavy atom. The van der Waals surface area contributed by atoms with E-state index in [4.69, 9.17) is 4.74 Å². The van der Waals surface area contributed by atoms with Gasteiger partial charge in [-0.05, 0) is 37.9 Å². The molecule has 0 aliphatic heterocycles. The number of ether oxygens (including phenoxy) is 1. The van der Waals surface area contributed by atoms with Crippen LogP contribution in [0.2, 0.25) is 0 Å². The maximum absolute atomic E-state index is 5.61. The van der Waals surface area contributed by atoms with E-state index in [9.17, 15) is 0 Å². The number of aryl methyl sites for hydroxylation is 1. The molecule has 1 aromatic heterocycles. The third-order valence-electron chi connectivity index (χ3n) is 4.91. The third-order valence-corrected chi connectivity index (χ3v) is 5.55. The molecule has 1 aromatic rings. The van der Waals surface area contributed by atoms with E-state index in [2.05, 4.69) is 50.5 Å². The average Bonchev–Trinajstić information content (AvgIpc) is 3.34. The van der Waals surface area contributed by atoms with Crippen LogP contribution < -0.4 is 10.6 Å². The van der Waals surface area contributed by atoms with Crippen molar-refractivity contribution < 1.29 is 4.74 Å². The Kier molecular flexibility index (Phi) is 14.0. The minimum atomic E-state index is 0. The molecule has 1 aliphatic carbocycles. The Morgan fingerprint density at radius 2 is 1.90 bits per heavy atom. The summed E-state index contributed by atoms with van der Waals surface area (Å²) in [4.78, 5) is 4.29. The molecular weight excluding hydrogens is 499 g/mol. The van der Waals surface area contributed by atoms with Crippen LogP contribution in [0.5, 0.6) is 0 Å². The summed E-state index contributed by atoms with van der Waals surface area (Å²) in [6.07, 6.45) is 10.2. The van der Waals surface area contributed by atoms with Gasteiger partial charge in [0.25, 0.3) is 0 Å². The molecule has 0 amide bonds. The summed E-state index contributed by atoms with van der Waals surface area (Å²) in [6.45, 7) is 7.69. The second kappa shape index (κ2) is 15.3. The van der Waals surface area contributed by atoms with Crippen molar-refractivity contribution in [2.24, 2.45) is 10.9 Å². The molecule has 0 atom stereocenters. The zero-order chi connectivity index (χ0) is 20.2. The highest BCUT2D eigenvalue weighted by molar-refractivity contribution is 14.0. The predicted molar refractivity (Wildman–Crippen MR) is 133 cm³/mol. The van der Waals surface area contributed by atoms with E-state index in [0.29, 0.717) is 12.0 Å². The summed E-state index contributed by atoms with van der Waals surface area (Å²) in [5, 5.41) is 16.7. The van der Waals surface area contributed by atoms with E-state index in [1.165, 1.54) is 25.7 Å². The van der Waals surface area contributed by atoms with Gasteiger partial charge in [-0.1, -0.05) is 38.5 Å². The van der Waals surface area contributed by atoms with E-state index in [1.54, 1.807) is 11.8 Å². The maximum atomic E-state index is 5.61. The molecule has 1 heterocycles. The number of nitrogens with zero attached hydrogens (tertiary/aromatic N) is 4. The fraction of sp³-hybridized carbons (Fsp3) is 0.850. The van der Waals surface area contributed by atoms with Gasteiger partial charge in [0.2, 0.25) is 0 Å². The number of guanidine groups is 1. The minimum Gasteiger partial charge on any atom is -0.381 e. The van der Waals surface area contributed by atoms with Gasteiger partial charge in [-0.15, -0.1) is 34.2 Å². The molecule has 2 N–H and O–H groups in total. The number of hydrogen-bond acceptors (Lipinski definition) is 5. The Labute approximate surface area is 197 Å². The summed E-state index contributed by atoms with van der Waals surface area (Å²) in [7, 11) is 1.81. The van der Waals surface area contributed by atoms with E-state index in [0.717, 1.165) is 62.5 Å². The lowest BCUT2D eigenvalue weighted by molar-refractivity contribution is 0.108. The van der Waals surface area contributed by atoms with Crippen LogP contribution >= 0.6 is 35.7 Å². The molecule has 0 aromatic carbocycles. The van der Waals surface area contributed by atoms with Crippen molar-refractivity contribution in [2.45, 2.75) is 70.0 Å². The summed E-state index contributed by atoms with van der Waals surface area (Å²) in [5.41, 5.74) is 0. The van der Waals surface area contributed by atoms with Crippen molar-refractivity contribution in [1.82, 2.24) is 25.4 Å². The number of hydrogen-bond donors (Lipinski definition) is 2. The summed E-state index contributed by atoms with van der Waals surface area (Å²) >= 11 is 1.70. The Bertz CT molecular complexity index is 590. The predicted octanol–water partition coefficient (Wildman–Crippen LogP) is 3.89. The first-order valence-corrected chi connectivity index (χ1v) is 11.9. The Morgan fingerprint density at radius 3 is 2.52 bits per heavy atom. The highest BCUT2D eigenvalue weighted by Gasteiger charge is 2.23.